The number of thiazole rings is 1. The summed E-state index contributed by atoms with van der Waals surface area (Å²) in [6, 6.07) is 1.71. The first kappa shape index (κ1) is 8.89. The molecule has 0 aromatic carbocycles. The number of hydrogen-bond donors (Lipinski definition) is 1. The maximum atomic E-state index is 11.2. The van der Waals surface area contributed by atoms with Crippen molar-refractivity contribution in [2.24, 2.45) is 0 Å². The third-order valence-electron chi connectivity index (χ3n) is 1.68. The van der Waals surface area contributed by atoms with Gasteiger partial charge in [-0.1, -0.05) is 0 Å². The largest absolute Gasteiger partial charge is 0.375 e. The minimum absolute atomic E-state index is 0.264. The molecule has 0 amide bonds. The van der Waals surface area contributed by atoms with Gasteiger partial charge in [-0.3, -0.25) is 4.57 Å². The van der Waals surface area contributed by atoms with Crippen LogP contribution in [0, 0.1) is 0 Å². The highest BCUT2D eigenvalue weighted by Crippen LogP contribution is 2.14. The van der Waals surface area contributed by atoms with Gasteiger partial charge in [0, 0.05) is 23.5 Å². The maximum Gasteiger partial charge on any atom is 0.347 e. The van der Waals surface area contributed by atoms with Crippen LogP contribution in [0.25, 0.3) is 0 Å². The topological polar surface area (TPSA) is 73.8 Å². The van der Waals surface area contributed by atoms with Crippen LogP contribution in [0.1, 0.15) is 4.88 Å². The van der Waals surface area contributed by atoms with Crippen molar-refractivity contribution in [1.29, 1.82) is 0 Å². The van der Waals surface area contributed by atoms with E-state index >= 15 is 0 Å². The molecule has 0 aliphatic carbocycles. The van der Waals surface area contributed by atoms with Crippen molar-refractivity contribution in [2.45, 2.75) is 6.54 Å². The van der Waals surface area contributed by atoms with Crippen LogP contribution in [-0.2, 0) is 6.54 Å². The van der Waals surface area contributed by atoms with Gasteiger partial charge in [-0.15, -0.1) is 11.3 Å². The van der Waals surface area contributed by atoms with Gasteiger partial charge in [0.15, 0.2) is 5.13 Å². The summed E-state index contributed by atoms with van der Waals surface area (Å²) in [6.45, 7) is 0.474. The molecule has 0 atom stereocenters. The predicted molar refractivity (Wildman–Crippen MR) is 54.1 cm³/mol. The molecule has 5 nitrogen and oxygen atoms in total. The number of hydrogen-bond acceptors (Lipinski definition) is 5. The summed E-state index contributed by atoms with van der Waals surface area (Å²) in [5.41, 5.74) is 5.21. The normalized spacial score (nSPS) is 10.3. The SMILES string of the molecule is Nc1ncc(Cn2cccnc2=O)s1. The van der Waals surface area contributed by atoms with Gasteiger partial charge in [0.2, 0.25) is 0 Å². The second-order valence-corrected chi connectivity index (χ2v) is 3.84. The lowest BCUT2D eigenvalue weighted by Crippen LogP contribution is -2.21. The number of nitrogen functional groups attached to an aromatic ring is 1. The van der Waals surface area contributed by atoms with Crippen LogP contribution in [0.3, 0.4) is 0 Å². The van der Waals surface area contributed by atoms with E-state index in [4.69, 9.17) is 5.73 Å². The van der Waals surface area contributed by atoms with Crippen LogP contribution in [-0.4, -0.2) is 14.5 Å². The van der Waals surface area contributed by atoms with Crippen molar-refractivity contribution in [2.75, 3.05) is 5.73 Å². The Morgan fingerprint density at radius 1 is 1.50 bits per heavy atom. The summed E-state index contributed by atoms with van der Waals surface area (Å²) in [6.07, 6.45) is 4.82. The second-order valence-electron chi connectivity index (χ2n) is 2.69. The predicted octanol–water partition coefficient (Wildman–Crippen LogP) is 0.330. The van der Waals surface area contributed by atoms with Gasteiger partial charge < -0.3 is 5.73 Å². The number of nitrogens with zero attached hydrogens (tertiary/aromatic N) is 3. The van der Waals surface area contributed by atoms with Crippen LogP contribution in [0.5, 0.6) is 0 Å². The highest BCUT2D eigenvalue weighted by atomic mass is 32.1. The average molecular weight is 208 g/mol. The molecule has 0 radical (unpaired) electrons. The van der Waals surface area contributed by atoms with E-state index in [1.165, 1.54) is 22.1 Å². The molecule has 0 spiro atoms. The lowest BCUT2D eigenvalue weighted by Gasteiger charge is -1.99. The van der Waals surface area contributed by atoms with Gasteiger partial charge in [0.25, 0.3) is 0 Å². The average Bonchev–Trinajstić information content (AvgIpc) is 2.56. The van der Waals surface area contributed by atoms with Crippen LogP contribution in [0.2, 0.25) is 0 Å². The zero-order chi connectivity index (χ0) is 9.97. The molecule has 14 heavy (non-hydrogen) atoms. The van der Waals surface area contributed by atoms with Crippen molar-refractivity contribution < 1.29 is 0 Å². The molecule has 2 aromatic heterocycles. The molecule has 0 unspecified atom stereocenters. The van der Waals surface area contributed by atoms with Crippen molar-refractivity contribution in [3.8, 4) is 0 Å². The van der Waals surface area contributed by atoms with E-state index < -0.39 is 0 Å². The van der Waals surface area contributed by atoms with Gasteiger partial charge in [-0.25, -0.2) is 14.8 Å². The first-order valence-corrected chi connectivity index (χ1v) is 4.79. The molecule has 0 bridgehead atoms. The highest BCUT2D eigenvalue weighted by molar-refractivity contribution is 7.15. The number of nitrogens with two attached hydrogens (primary N) is 1. The fourth-order valence-corrected chi connectivity index (χ4v) is 1.75. The molecule has 0 fully saturated rings. The molecule has 2 heterocycles. The number of rotatable bonds is 2. The smallest absolute Gasteiger partial charge is 0.347 e. The summed E-state index contributed by atoms with van der Waals surface area (Å²) in [4.78, 5) is 19.7. The Morgan fingerprint density at radius 3 is 3.00 bits per heavy atom. The zero-order valence-corrected chi connectivity index (χ0v) is 8.07. The van der Waals surface area contributed by atoms with Gasteiger partial charge in [-0.2, -0.15) is 0 Å². The molecule has 2 N–H and O–H groups in total. The Hall–Kier alpha value is -1.69. The number of aromatic nitrogens is 3. The van der Waals surface area contributed by atoms with Gasteiger partial charge in [-0.05, 0) is 6.07 Å². The molecular weight excluding hydrogens is 200 g/mol. The van der Waals surface area contributed by atoms with E-state index in [1.54, 1.807) is 18.5 Å². The Bertz CT molecular complexity index is 490. The Balaban J connectivity index is 2.27. The van der Waals surface area contributed by atoms with Gasteiger partial charge >= 0.3 is 5.69 Å². The molecule has 2 rings (SSSR count). The highest BCUT2D eigenvalue weighted by Gasteiger charge is 2.00. The van der Waals surface area contributed by atoms with Crippen LogP contribution in [0.4, 0.5) is 5.13 Å². The van der Waals surface area contributed by atoms with Crippen LogP contribution in [0.15, 0.2) is 29.5 Å². The third kappa shape index (κ3) is 1.80. The first-order chi connectivity index (χ1) is 6.75. The summed E-state index contributed by atoms with van der Waals surface area (Å²) < 4.78 is 1.51. The fourth-order valence-electron chi connectivity index (χ4n) is 1.07. The van der Waals surface area contributed by atoms with Crippen molar-refractivity contribution >= 4 is 16.5 Å². The minimum Gasteiger partial charge on any atom is -0.375 e. The zero-order valence-electron chi connectivity index (χ0n) is 7.25. The molecule has 0 saturated heterocycles. The molecule has 72 valence electrons. The summed E-state index contributed by atoms with van der Waals surface area (Å²) in [5.74, 6) is 0. The maximum absolute atomic E-state index is 11.2. The van der Waals surface area contributed by atoms with E-state index in [0.29, 0.717) is 11.7 Å². The minimum atomic E-state index is -0.264. The van der Waals surface area contributed by atoms with Gasteiger partial charge in [0.05, 0.1) is 6.54 Å². The monoisotopic (exact) mass is 208 g/mol. The number of anilines is 1. The summed E-state index contributed by atoms with van der Waals surface area (Å²) in [7, 11) is 0. The summed E-state index contributed by atoms with van der Waals surface area (Å²) >= 11 is 1.37. The lowest BCUT2D eigenvalue weighted by molar-refractivity contribution is 0.734. The molecule has 6 heteroatoms. The Kier molecular flexibility index (Phi) is 2.28. The van der Waals surface area contributed by atoms with E-state index in [0.717, 1.165) is 4.88 Å². The first-order valence-electron chi connectivity index (χ1n) is 3.97. The molecular formula is C8H8N4OS. The lowest BCUT2D eigenvalue weighted by atomic mass is 10.5. The van der Waals surface area contributed by atoms with E-state index in [-0.39, 0.29) is 5.69 Å². The molecule has 0 aliphatic heterocycles. The van der Waals surface area contributed by atoms with E-state index in [2.05, 4.69) is 9.97 Å². The Morgan fingerprint density at radius 2 is 2.36 bits per heavy atom. The van der Waals surface area contributed by atoms with Crippen molar-refractivity contribution in [1.82, 2.24) is 14.5 Å². The molecule has 2 aromatic rings. The van der Waals surface area contributed by atoms with Crippen molar-refractivity contribution in [3.05, 3.63) is 40.0 Å². The summed E-state index contributed by atoms with van der Waals surface area (Å²) in [5, 5.41) is 0.511. The molecule has 0 saturated carbocycles. The second kappa shape index (κ2) is 3.59. The fraction of sp³-hybridized carbons (Fsp3) is 0.125. The molecule has 0 aliphatic rings. The van der Waals surface area contributed by atoms with E-state index in [9.17, 15) is 4.79 Å². The van der Waals surface area contributed by atoms with Crippen LogP contribution >= 0.6 is 11.3 Å². The standard InChI is InChI=1S/C8H8N4OS/c9-7-11-4-6(14-7)5-12-3-1-2-10-8(12)13/h1-4H,5H2,(H2,9,11). The van der Waals surface area contributed by atoms with Crippen LogP contribution < -0.4 is 11.4 Å². The van der Waals surface area contributed by atoms with Crippen molar-refractivity contribution in [3.63, 3.8) is 0 Å². The van der Waals surface area contributed by atoms with Gasteiger partial charge in [0.1, 0.15) is 0 Å². The third-order valence-corrected chi connectivity index (χ3v) is 2.49. The Labute approximate surface area is 83.9 Å². The van der Waals surface area contributed by atoms with E-state index in [1.807, 2.05) is 0 Å². The quantitative estimate of drug-likeness (QED) is 0.771.